The molecule has 6 nitrogen and oxygen atoms in total. The number of ketones is 1. The maximum absolute atomic E-state index is 11.5. The molecule has 0 aromatic carbocycles. The summed E-state index contributed by atoms with van der Waals surface area (Å²) in [6.07, 6.45) is 6.35. The average molecular weight is 282 g/mol. The lowest BCUT2D eigenvalue weighted by Gasteiger charge is -2.12. The number of unbranched alkanes of at least 4 members (excludes halogenated alkanes) is 1. The number of Topliss-reactive ketones (excluding diaryl/α,β-unsaturated/α-hetero) is 1. The molecule has 6 heteroatoms. The Balaban J connectivity index is 2.10. The monoisotopic (exact) mass is 282 g/mol. The van der Waals surface area contributed by atoms with E-state index in [0.29, 0.717) is 31.6 Å². The van der Waals surface area contributed by atoms with E-state index in [1.54, 1.807) is 0 Å². The van der Waals surface area contributed by atoms with Crippen LogP contribution in [0.2, 0.25) is 0 Å². The van der Waals surface area contributed by atoms with Gasteiger partial charge in [0.25, 0.3) is 0 Å². The number of carbonyl (C=O) groups excluding carboxylic acids is 4. The lowest BCUT2D eigenvalue weighted by atomic mass is 9.92. The van der Waals surface area contributed by atoms with Gasteiger partial charge in [-0.25, -0.2) is 0 Å². The minimum absolute atomic E-state index is 0.0164. The summed E-state index contributed by atoms with van der Waals surface area (Å²) >= 11 is 0. The number of hydrogen-bond donors (Lipinski definition) is 2. The molecule has 1 rings (SSSR count). The molecule has 0 spiro atoms. The third kappa shape index (κ3) is 7.01. The third-order valence-corrected chi connectivity index (χ3v) is 3.48. The maximum Gasteiger partial charge on any atom is 0.239 e. The van der Waals surface area contributed by atoms with E-state index in [-0.39, 0.29) is 24.2 Å². The molecular formula is C14H22N2O4. The fourth-order valence-electron chi connectivity index (χ4n) is 2.17. The van der Waals surface area contributed by atoms with Gasteiger partial charge in [-0.2, -0.15) is 0 Å². The van der Waals surface area contributed by atoms with Gasteiger partial charge in [0, 0.05) is 12.5 Å². The van der Waals surface area contributed by atoms with E-state index < -0.39 is 0 Å². The number of carbonyl (C=O) groups is 4. The molecule has 0 aliphatic heterocycles. The summed E-state index contributed by atoms with van der Waals surface area (Å²) < 4.78 is 0. The summed E-state index contributed by atoms with van der Waals surface area (Å²) in [6, 6.07) is 0. The molecule has 1 aliphatic rings. The molecule has 1 saturated carbocycles. The predicted octanol–water partition coefficient (Wildman–Crippen LogP) is 0.203. The molecule has 2 amide bonds. The van der Waals surface area contributed by atoms with Crippen LogP contribution in [0.1, 0.15) is 38.5 Å². The number of hydrogen-bond acceptors (Lipinski definition) is 4. The van der Waals surface area contributed by atoms with Crippen molar-refractivity contribution in [2.75, 3.05) is 13.1 Å². The highest BCUT2D eigenvalue weighted by atomic mass is 16.2. The minimum atomic E-state index is -0.295. The summed E-state index contributed by atoms with van der Waals surface area (Å²) in [6.45, 7) is 0.502. The van der Waals surface area contributed by atoms with Gasteiger partial charge in [0.2, 0.25) is 12.3 Å². The van der Waals surface area contributed by atoms with Crippen molar-refractivity contribution in [2.24, 2.45) is 11.8 Å². The van der Waals surface area contributed by atoms with Crippen LogP contribution in [-0.2, 0) is 19.2 Å². The molecule has 2 N–H and O–H groups in total. The first-order chi connectivity index (χ1) is 9.67. The van der Waals surface area contributed by atoms with Crippen molar-refractivity contribution in [1.29, 1.82) is 0 Å². The van der Waals surface area contributed by atoms with Crippen molar-refractivity contribution in [3.8, 4) is 0 Å². The normalized spacial score (nSPS) is 15.2. The SMILES string of the molecule is O=CNCC(=O)NCCCCC(CC1CC1)C(=O)C=O. The van der Waals surface area contributed by atoms with Crippen LogP contribution in [0, 0.1) is 11.8 Å². The molecule has 1 fully saturated rings. The molecule has 0 saturated heterocycles. The Hall–Kier alpha value is -1.72. The molecule has 0 bridgehead atoms. The fraction of sp³-hybridized carbons (Fsp3) is 0.714. The quantitative estimate of drug-likeness (QED) is 0.304. The van der Waals surface area contributed by atoms with Crippen molar-refractivity contribution in [3.05, 3.63) is 0 Å². The lowest BCUT2D eigenvalue weighted by Crippen LogP contribution is -2.33. The van der Waals surface area contributed by atoms with Gasteiger partial charge in [0.15, 0.2) is 12.1 Å². The summed E-state index contributed by atoms with van der Waals surface area (Å²) in [4.78, 5) is 43.2. The molecule has 0 radical (unpaired) electrons. The van der Waals surface area contributed by atoms with E-state index in [0.717, 1.165) is 19.3 Å². The number of amides is 2. The van der Waals surface area contributed by atoms with Crippen molar-refractivity contribution in [1.82, 2.24) is 10.6 Å². The van der Waals surface area contributed by atoms with Crippen LogP contribution >= 0.6 is 0 Å². The second-order valence-corrected chi connectivity index (χ2v) is 5.24. The summed E-state index contributed by atoms with van der Waals surface area (Å²) in [7, 11) is 0. The van der Waals surface area contributed by atoms with Gasteiger partial charge in [-0.15, -0.1) is 0 Å². The Bertz CT molecular complexity index is 353. The Morgan fingerprint density at radius 2 is 1.95 bits per heavy atom. The second-order valence-electron chi connectivity index (χ2n) is 5.24. The highest BCUT2D eigenvalue weighted by Gasteiger charge is 2.28. The summed E-state index contributed by atoms with van der Waals surface area (Å²) in [5.41, 5.74) is 0. The highest BCUT2D eigenvalue weighted by Crippen LogP contribution is 2.36. The van der Waals surface area contributed by atoms with Gasteiger partial charge >= 0.3 is 0 Å². The van der Waals surface area contributed by atoms with E-state index in [1.807, 2.05) is 0 Å². The number of nitrogens with one attached hydrogen (secondary N) is 2. The van der Waals surface area contributed by atoms with Crippen LogP contribution in [-0.4, -0.2) is 37.5 Å². The molecule has 0 heterocycles. The van der Waals surface area contributed by atoms with Crippen molar-refractivity contribution in [3.63, 3.8) is 0 Å². The smallest absolute Gasteiger partial charge is 0.239 e. The van der Waals surface area contributed by atoms with Gasteiger partial charge in [-0.3, -0.25) is 19.2 Å². The minimum Gasteiger partial charge on any atom is -0.355 e. The van der Waals surface area contributed by atoms with Crippen molar-refractivity contribution >= 4 is 24.4 Å². The first-order valence-electron chi connectivity index (χ1n) is 7.10. The van der Waals surface area contributed by atoms with Gasteiger partial charge in [-0.1, -0.05) is 19.3 Å². The van der Waals surface area contributed by atoms with E-state index in [2.05, 4.69) is 10.6 Å². The molecule has 112 valence electrons. The Morgan fingerprint density at radius 3 is 2.55 bits per heavy atom. The van der Waals surface area contributed by atoms with Gasteiger partial charge < -0.3 is 10.6 Å². The van der Waals surface area contributed by atoms with Crippen LogP contribution in [0.5, 0.6) is 0 Å². The fourth-order valence-corrected chi connectivity index (χ4v) is 2.17. The zero-order chi connectivity index (χ0) is 14.8. The van der Waals surface area contributed by atoms with Crippen LogP contribution in [0.3, 0.4) is 0 Å². The van der Waals surface area contributed by atoms with E-state index >= 15 is 0 Å². The number of aldehydes is 1. The van der Waals surface area contributed by atoms with Crippen LogP contribution < -0.4 is 10.6 Å². The largest absolute Gasteiger partial charge is 0.355 e. The van der Waals surface area contributed by atoms with Gasteiger partial charge in [0.1, 0.15) is 0 Å². The van der Waals surface area contributed by atoms with Gasteiger partial charge in [0.05, 0.1) is 6.54 Å². The molecule has 1 atom stereocenters. The van der Waals surface area contributed by atoms with Crippen LogP contribution in [0.4, 0.5) is 0 Å². The zero-order valence-corrected chi connectivity index (χ0v) is 11.6. The lowest BCUT2D eigenvalue weighted by molar-refractivity contribution is -0.133. The second kappa shape index (κ2) is 9.23. The molecule has 0 aromatic heterocycles. The highest BCUT2D eigenvalue weighted by molar-refractivity contribution is 6.25. The Labute approximate surface area is 118 Å². The van der Waals surface area contributed by atoms with Crippen molar-refractivity contribution < 1.29 is 19.2 Å². The molecule has 0 aromatic rings. The van der Waals surface area contributed by atoms with Gasteiger partial charge in [-0.05, 0) is 25.2 Å². The standard InChI is InChI=1S/C14H22N2O4/c17-9-13(19)12(7-11-4-5-11)3-1-2-6-16-14(20)8-15-10-18/h9-12H,1-8H2,(H,15,18)(H,16,20). The third-order valence-electron chi connectivity index (χ3n) is 3.48. The summed E-state index contributed by atoms with van der Waals surface area (Å²) in [5.74, 6) is -0.0443. The zero-order valence-electron chi connectivity index (χ0n) is 11.6. The topological polar surface area (TPSA) is 92.3 Å². The summed E-state index contributed by atoms with van der Waals surface area (Å²) in [5, 5.41) is 4.95. The average Bonchev–Trinajstić information content (AvgIpc) is 3.26. The van der Waals surface area contributed by atoms with E-state index in [9.17, 15) is 19.2 Å². The Morgan fingerprint density at radius 1 is 1.20 bits per heavy atom. The first-order valence-corrected chi connectivity index (χ1v) is 7.10. The number of rotatable bonds is 12. The predicted molar refractivity (Wildman–Crippen MR) is 72.8 cm³/mol. The van der Waals surface area contributed by atoms with E-state index in [4.69, 9.17) is 0 Å². The molecule has 20 heavy (non-hydrogen) atoms. The van der Waals surface area contributed by atoms with Crippen molar-refractivity contribution in [2.45, 2.75) is 38.5 Å². The van der Waals surface area contributed by atoms with Crippen LogP contribution in [0.25, 0.3) is 0 Å². The molecule has 1 aliphatic carbocycles. The van der Waals surface area contributed by atoms with E-state index in [1.165, 1.54) is 12.8 Å². The molecule has 1 unspecified atom stereocenters. The Kier molecular flexibility index (Phi) is 7.54. The van der Waals surface area contributed by atoms with Crippen LogP contribution in [0.15, 0.2) is 0 Å². The first kappa shape index (κ1) is 16.3. The maximum atomic E-state index is 11.5. The molecular weight excluding hydrogens is 260 g/mol.